The molecule has 4 rings (SSSR count). The molecule has 2 N–H and O–H groups in total. The van der Waals surface area contributed by atoms with Crippen LogP contribution < -0.4 is 5.32 Å². The average Bonchev–Trinajstić information content (AvgIpc) is 3.37. The number of aliphatic carboxylic acids is 1. The largest absolute Gasteiger partial charge is 0.480 e. The highest BCUT2D eigenvalue weighted by atomic mass is 16.5. The lowest BCUT2D eigenvalue weighted by Crippen LogP contribution is -2.55. The molecular weight excluding hydrogens is 424 g/mol. The van der Waals surface area contributed by atoms with Crippen LogP contribution in [0.5, 0.6) is 0 Å². The van der Waals surface area contributed by atoms with Gasteiger partial charge in [-0.1, -0.05) is 48.5 Å². The number of benzene rings is 2. The van der Waals surface area contributed by atoms with Crippen molar-refractivity contribution >= 4 is 18.0 Å². The number of carboxylic acids is 1. The first-order chi connectivity index (χ1) is 15.9. The van der Waals surface area contributed by atoms with Gasteiger partial charge in [0.25, 0.3) is 5.91 Å². The minimum absolute atomic E-state index is 0.0659. The average molecular weight is 453 g/mol. The fourth-order valence-electron chi connectivity index (χ4n) is 4.81. The van der Waals surface area contributed by atoms with Gasteiger partial charge < -0.3 is 24.8 Å². The van der Waals surface area contributed by atoms with E-state index in [2.05, 4.69) is 17.4 Å². The van der Waals surface area contributed by atoms with Crippen molar-refractivity contribution < 1.29 is 29.0 Å². The van der Waals surface area contributed by atoms with Crippen LogP contribution in [-0.2, 0) is 19.1 Å². The number of carbonyl (C=O) groups excluding carboxylic acids is 2. The molecule has 2 unspecified atom stereocenters. The van der Waals surface area contributed by atoms with Gasteiger partial charge in [0, 0.05) is 19.6 Å². The highest BCUT2D eigenvalue weighted by Crippen LogP contribution is 2.44. The number of hydrogen-bond acceptors (Lipinski definition) is 5. The van der Waals surface area contributed by atoms with Gasteiger partial charge in [-0.25, -0.2) is 9.59 Å². The number of fused-ring (bicyclic) bond motifs is 3. The third-order valence-electron chi connectivity index (χ3n) is 6.70. The zero-order valence-electron chi connectivity index (χ0n) is 18.7. The molecule has 8 heteroatoms. The highest BCUT2D eigenvalue weighted by molar-refractivity contribution is 5.90. The van der Waals surface area contributed by atoms with Crippen molar-refractivity contribution in [2.45, 2.75) is 37.3 Å². The van der Waals surface area contributed by atoms with Crippen LogP contribution in [0.3, 0.4) is 0 Å². The molecule has 1 aliphatic heterocycles. The lowest BCUT2D eigenvalue weighted by atomic mass is 9.98. The van der Waals surface area contributed by atoms with Crippen LogP contribution in [0, 0.1) is 0 Å². The van der Waals surface area contributed by atoms with Crippen molar-refractivity contribution in [3.05, 3.63) is 59.7 Å². The van der Waals surface area contributed by atoms with Gasteiger partial charge in [-0.3, -0.25) is 4.79 Å². The van der Waals surface area contributed by atoms with E-state index >= 15 is 0 Å². The van der Waals surface area contributed by atoms with Gasteiger partial charge in [0.1, 0.15) is 12.1 Å². The molecule has 0 saturated carbocycles. The molecule has 33 heavy (non-hydrogen) atoms. The van der Waals surface area contributed by atoms with Crippen LogP contribution in [0.15, 0.2) is 48.5 Å². The van der Waals surface area contributed by atoms with E-state index in [1.54, 1.807) is 0 Å². The lowest BCUT2D eigenvalue weighted by molar-refractivity contribution is -0.159. The summed E-state index contributed by atoms with van der Waals surface area (Å²) in [4.78, 5) is 38.3. The Bertz CT molecular complexity index is 1020. The molecule has 1 saturated heterocycles. The molecule has 1 fully saturated rings. The molecule has 1 heterocycles. The van der Waals surface area contributed by atoms with E-state index in [1.807, 2.05) is 36.4 Å². The van der Waals surface area contributed by atoms with E-state index in [1.165, 1.54) is 18.9 Å². The summed E-state index contributed by atoms with van der Waals surface area (Å²) in [5.41, 5.74) is 3.23. The van der Waals surface area contributed by atoms with Crippen LogP contribution in [0.4, 0.5) is 4.79 Å². The second-order valence-corrected chi connectivity index (χ2v) is 8.60. The Morgan fingerprint density at radius 2 is 1.73 bits per heavy atom. The van der Waals surface area contributed by atoms with Gasteiger partial charge in [0.05, 0.1) is 6.54 Å². The number of nitrogens with zero attached hydrogens (tertiary/aromatic N) is 1. The zero-order valence-corrected chi connectivity index (χ0v) is 18.7. The maximum Gasteiger partial charge on any atom is 0.407 e. The topological polar surface area (TPSA) is 105 Å². The summed E-state index contributed by atoms with van der Waals surface area (Å²) in [5.74, 6) is -1.57. The molecule has 0 aromatic heterocycles. The molecule has 2 aromatic rings. The first kappa shape index (κ1) is 22.8. The predicted molar refractivity (Wildman–Crippen MR) is 121 cm³/mol. The first-order valence-electron chi connectivity index (χ1n) is 11.0. The number of methoxy groups -OCH3 is 1. The third-order valence-corrected chi connectivity index (χ3v) is 6.70. The van der Waals surface area contributed by atoms with Crippen LogP contribution in [0.2, 0.25) is 0 Å². The molecule has 2 aliphatic rings. The monoisotopic (exact) mass is 452 g/mol. The minimum atomic E-state index is -1.27. The maximum absolute atomic E-state index is 12.9. The van der Waals surface area contributed by atoms with Crippen molar-refractivity contribution in [2.75, 3.05) is 26.8 Å². The molecule has 2 aromatic carbocycles. The van der Waals surface area contributed by atoms with Crippen molar-refractivity contribution in [2.24, 2.45) is 0 Å². The number of amides is 2. The molecule has 174 valence electrons. The van der Waals surface area contributed by atoms with Crippen molar-refractivity contribution in [1.29, 1.82) is 0 Å². The van der Waals surface area contributed by atoms with E-state index in [0.29, 0.717) is 19.4 Å². The summed E-state index contributed by atoms with van der Waals surface area (Å²) in [5, 5.41) is 12.1. The molecule has 8 nitrogen and oxygen atoms in total. The second kappa shape index (κ2) is 9.23. The summed E-state index contributed by atoms with van der Waals surface area (Å²) in [6.07, 6.45) is -0.675. The Labute approximate surface area is 192 Å². The van der Waals surface area contributed by atoms with Crippen molar-refractivity contribution in [3.8, 4) is 11.1 Å². The molecule has 0 bridgehead atoms. The van der Waals surface area contributed by atoms with Crippen molar-refractivity contribution in [1.82, 2.24) is 10.2 Å². The molecule has 0 radical (unpaired) electrons. The van der Waals surface area contributed by atoms with Crippen LogP contribution in [-0.4, -0.2) is 66.4 Å². The molecule has 0 spiro atoms. The van der Waals surface area contributed by atoms with E-state index in [0.717, 1.165) is 22.3 Å². The van der Waals surface area contributed by atoms with E-state index in [-0.39, 0.29) is 19.1 Å². The van der Waals surface area contributed by atoms with Gasteiger partial charge in [-0.2, -0.15) is 0 Å². The summed E-state index contributed by atoms with van der Waals surface area (Å²) < 4.78 is 10.8. The number of hydrogen-bond donors (Lipinski definition) is 2. The molecule has 1 aliphatic carbocycles. The molecular formula is C25H28N2O6. The Morgan fingerprint density at radius 3 is 2.30 bits per heavy atom. The van der Waals surface area contributed by atoms with Crippen LogP contribution in [0.25, 0.3) is 11.1 Å². The van der Waals surface area contributed by atoms with Crippen molar-refractivity contribution in [3.63, 3.8) is 0 Å². The fourth-order valence-corrected chi connectivity index (χ4v) is 4.81. The number of rotatable bonds is 7. The first-order valence-corrected chi connectivity index (χ1v) is 11.0. The lowest BCUT2D eigenvalue weighted by Gasteiger charge is -2.33. The van der Waals surface area contributed by atoms with E-state index < -0.39 is 29.6 Å². The SMILES string of the molecule is COC(CNC(=O)OCC1c2ccccc2-c2ccccc21)C(=O)N1CCCC1(C)C(=O)O. The quantitative estimate of drug-likeness (QED) is 0.669. The van der Waals surface area contributed by atoms with Crippen LogP contribution >= 0.6 is 0 Å². The number of nitrogens with one attached hydrogen (secondary N) is 1. The van der Waals surface area contributed by atoms with Gasteiger partial charge in [-0.05, 0) is 42.0 Å². The second-order valence-electron chi connectivity index (χ2n) is 8.60. The maximum atomic E-state index is 12.9. The summed E-state index contributed by atoms with van der Waals surface area (Å²) in [6.45, 7) is 1.92. The Morgan fingerprint density at radius 1 is 1.12 bits per heavy atom. The Kier molecular flexibility index (Phi) is 6.37. The fraction of sp³-hybridized carbons (Fsp3) is 0.400. The summed E-state index contributed by atoms with van der Waals surface area (Å²) in [6, 6.07) is 16.1. The number of carboxylic acid groups (broad SMARTS) is 1. The number of likely N-dealkylation sites (tertiary alicyclic amines) is 1. The van der Waals surface area contributed by atoms with E-state index in [9.17, 15) is 19.5 Å². The zero-order chi connectivity index (χ0) is 23.6. The molecule has 2 amide bonds. The van der Waals surface area contributed by atoms with Gasteiger partial charge >= 0.3 is 12.1 Å². The smallest absolute Gasteiger partial charge is 0.407 e. The molecule has 2 atom stereocenters. The number of ether oxygens (including phenoxy) is 2. The summed E-state index contributed by atoms with van der Waals surface area (Å²) in [7, 11) is 1.36. The van der Waals surface area contributed by atoms with Gasteiger partial charge in [0.2, 0.25) is 0 Å². The highest BCUT2D eigenvalue weighted by Gasteiger charge is 2.47. The minimum Gasteiger partial charge on any atom is -0.480 e. The van der Waals surface area contributed by atoms with Crippen LogP contribution in [0.1, 0.15) is 36.8 Å². The Balaban J connectivity index is 1.36. The van der Waals surface area contributed by atoms with E-state index in [4.69, 9.17) is 9.47 Å². The normalized spacial score (nSPS) is 20.1. The number of carbonyl (C=O) groups is 3. The summed E-state index contributed by atoms with van der Waals surface area (Å²) >= 11 is 0. The van der Waals surface area contributed by atoms with Gasteiger partial charge in [-0.15, -0.1) is 0 Å². The predicted octanol–water partition coefficient (Wildman–Crippen LogP) is 3.01. The standard InChI is InChI=1S/C25H28N2O6/c1-25(23(29)30)12-7-13-27(25)22(28)21(32-2)14-26-24(31)33-15-20-18-10-5-3-8-16(18)17-9-4-6-11-19(17)20/h3-6,8-11,20-21H,7,12-15H2,1-2H3,(H,26,31)(H,29,30). The third kappa shape index (κ3) is 4.18. The van der Waals surface area contributed by atoms with Gasteiger partial charge in [0.15, 0.2) is 6.10 Å². The number of alkyl carbamates (subject to hydrolysis) is 1. The Hall–Kier alpha value is -3.39.